The molecule has 18 heavy (non-hydrogen) atoms. The molecule has 4 nitrogen and oxygen atoms in total. The maximum Gasteiger partial charge on any atom is 0.349 e. The third kappa shape index (κ3) is 3.11. The molecule has 0 atom stereocenters. The van der Waals surface area contributed by atoms with E-state index in [1.54, 1.807) is 39.2 Å². The van der Waals surface area contributed by atoms with Crippen LogP contribution in [0.5, 0.6) is 5.75 Å². The summed E-state index contributed by atoms with van der Waals surface area (Å²) in [6.07, 6.45) is 0. The molecule has 0 N–H and O–H groups in total. The Morgan fingerprint density at radius 1 is 1.44 bits per heavy atom. The SMILES string of the molecule is CCOC(=O)C(C#N)=C(C)c1cccc(OC)c1. The van der Waals surface area contributed by atoms with Gasteiger partial charge in [-0.15, -0.1) is 0 Å². The number of nitriles is 1. The molecule has 0 saturated carbocycles. The van der Waals surface area contributed by atoms with Gasteiger partial charge in [-0.1, -0.05) is 12.1 Å². The number of ether oxygens (including phenoxy) is 2. The number of carbonyl (C=O) groups excluding carboxylic acids is 1. The molecule has 0 radical (unpaired) electrons. The average molecular weight is 245 g/mol. The van der Waals surface area contributed by atoms with E-state index in [1.165, 1.54) is 0 Å². The zero-order valence-electron chi connectivity index (χ0n) is 10.7. The first-order valence-electron chi connectivity index (χ1n) is 5.56. The highest BCUT2D eigenvalue weighted by Gasteiger charge is 2.15. The minimum absolute atomic E-state index is 0.0186. The van der Waals surface area contributed by atoms with Crippen molar-refractivity contribution in [1.82, 2.24) is 0 Å². The third-order valence-corrected chi connectivity index (χ3v) is 2.47. The summed E-state index contributed by atoms with van der Waals surface area (Å²) >= 11 is 0. The Morgan fingerprint density at radius 3 is 2.72 bits per heavy atom. The summed E-state index contributed by atoms with van der Waals surface area (Å²) in [4.78, 5) is 11.6. The van der Waals surface area contributed by atoms with E-state index in [9.17, 15) is 4.79 Å². The average Bonchev–Trinajstić information content (AvgIpc) is 2.40. The van der Waals surface area contributed by atoms with Gasteiger partial charge in [0.15, 0.2) is 0 Å². The lowest BCUT2D eigenvalue weighted by Crippen LogP contribution is -2.08. The van der Waals surface area contributed by atoms with Crippen LogP contribution in [0, 0.1) is 11.3 Å². The molecule has 94 valence electrons. The number of nitrogens with zero attached hydrogens (tertiary/aromatic N) is 1. The van der Waals surface area contributed by atoms with Crippen molar-refractivity contribution in [3.8, 4) is 11.8 Å². The van der Waals surface area contributed by atoms with E-state index in [-0.39, 0.29) is 12.2 Å². The number of esters is 1. The highest BCUT2D eigenvalue weighted by atomic mass is 16.5. The van der Waals surface area contributed by atoms with Crippen molar-refractivity contribution in [2.75, 3.05) is 13.7 Å². The van der Waals surface area contributed by atoms with Crippen molar-refractivity contribution in [3.05, 3.63) is 35.4 Å². The third-order valence-electron chi connectivity index (χ3n) is 2.47. The van der Waals surface area contributed by atoms with Gasteiger partial charge in [-0.2, -0.15) is 5.26 Å². The number of methoxy groups -OCH3 is 1. The molecule has 0 bridgehead atoms. The lowest BCUT2D eigenvalue weighted by Gasteiger charge is -2.07. The maximum atomic E-state index is 11.6. The molecule has 0 spiro atoms. The number of hydrogen-bond acceptors (Lipinski definition) is 4. The van der Waals surface area contributed by atoms with E-state index in [2.05, 4.69) is 0 Å². The van der Waals surface area contributed by atoms with Gasteiger partial charge in [0.2, 0.25) is 0 Å². The first kappa shape index (κ1) is 13.8. The lowest BCUT2D eigenvalue weighted by atomic mass is 10.0. The van der Waals surface area contributed by atoms with Crippen molar-refractivity contribution in [1.29, 1.82) is 5.26 Å². The molecular weight excluding hydrogens is 230 g/mol. The van der Waals surface area contributed by atoms with Crippen LogP contribution in [0.4, 0.5) is 0 Å². The Labute approximate surface area is 106 Å². The van der Waals surface area contributed by atoms with Crippen LogP contribution in [0.2, 0.25) is 0 Å². The minimum atomic E-state index is -0.597. The second-order valence-electron chi connectivity index (χ2n) is 3.56. The number of rotatable bonds is 4. The van der Waals surface area contributed by atoms with Crippen molar-refractivity contribution in [2.45, 2.75) is 13.8 Å². The van der Waals surface area contributed by atoms with Crippen LogP contribution >= 0.6 is 0 Å². The van der Waals surface area contributed by atoms with Gasteiger partial charge in [0.05, 0.1) is 13.7 Å². The quantitative estimate of drug-likeness (QED) is 0.464. The molecule has 1 aromatic rings. The highest BCUT2D eigenvalue weighted by molar-refractivity contribution is 6.01. The first-order valence-corrected chi connectivity index (χ1v) is 5.56. The molecular formula is C14H15NO3. The van der Waals surface area contributed by atoms with E-state index >= 15 is 0 Å². The second-order valence-corrected chi connectivity index (χ2v) is 3.56. The van der Waals surface area contributed by atoms with Gasteiger partial charge in [0.25, 0.3) is 0 Å². The van der Waals surface area contributed by atoms with Gasteiger partial charge >= 0.3 is 5.97 Å². The molecule has 0 aliphatic carbocycles. The van der Waals surface area contributed by atoms with Gasteiger partial charge in [-0.25, -0.2) is 4.79 Å². The maximum absolute atomic E-state index is 11.6. The highest BCUT2D eigenvalue weighted by Crippen LogP contribution is 2.22. The van der Waals surface area contributed by atoms with E-state index in [1.807, 2.05) is 12.1 Å². The molecule has 0 aliphatic rings. The molecule has 0 amide bonds. The Bertz CT molecular complexity index is 512. The molecule has 1 aromatic carbocycles. The van der Waals surface area contributed by atoms with Gasteiger partial charge in [-0.05, 0) is 37.1 Å². The van der Waals surface area contributed by atoms with E-state index < -0.39 is 5.97 Å². The minimum Gasteiger partial charge on any atom is -0.497 e. The molecule has 0 fully saturated rings. The predicted molar refractivity (Wildman–Crippen MR) is 67.8 cm³/mol. The number of carbonyl (C=O) groups is 1. The van der Waals surface area contributed by atoms with E-state index in [0.29, 0.717) is 11.3 Å². The van der Waals surface area contributed by atoms with Crippen LogP contribution in [-0.4, -0.2) is 19.7 Å². The topological polar surface area (TPSA) is 59.3 Å². The summed E-state index contributed by atoms with van der Waals surface area (Å²) < 4.78 is 9.95. The zero-order valence-corrected chi connectivity index (χ0v) is 10.7. The lowest BCUT2D eigenvalue weighted by molar-refractivity contribution is -0.137. The predicted octanol–water partition coefficient (Wildman–Crippen LogP) is 2.56. The van der Waals surface area contributed by atoms with Gasteiger partial charge in [0, 0.05) is 0 Å². The summed E-state index contributed by atoms with van der Waals surface area (Å²) in [5.41, 5.74) is 1.36. The summed E-state index contributed by atoms with van der Waals surface area (Å²) in [6, 6.07) is 9.07. The Kier molecular flexibility index (Phi) is 4.94. The van der Waals surface area contributed by atoms with Crippen molar-refractivity contribution < 1.29 is 14.3 Å². The summed E-state index contributed by atoms with van der Waals surface area (Å²) in [5.74, 6) is 0.0771. The Morgan fingerprint density at radius 2 is 2.17 bits per heavy atom. The summed E-state index contributed by atoms with van der Waals surface area (Å²) in [7, 11) is 1.56. The summed E-state index contributed by atoms with van der Waals surface area (Å²) in [6.45, 7) is 3.66. The fraction of sp³-hybridized carbons (Fsp3) is 0.286. The Balaban J connectivity index is 3.19. The van der Waals surface area contributed by atoms with Crippen LogP contribution in [0.25, 0.3) is 5.57 Å². The standard InChI is InChI=1S/C14H15NO3/c1-4-18-14(16)13(9-15)10(2)11-6-5-7-12(8-11)17-3/h5-8H,4H2,1-3H3. The van der Waals surface area contributed by atoms with Crippen molar-refractivity contribution >= 4 is 11.5 Å². The monoisotopic (exact) mass is 245 g/mol. The summed E-state index contributed by atoms with van der Waals surface area (Å²) in [5, 5.41) is 9.04. The van der Waals surface area contributed by atoms with Gasteiger partial charge < -0.3 is 9.47 Å². The van der Waals surface area contributed by atoms with E-state index in [4.69, 9.17) is 14.7 Å². The normalized spacial score (nSPS) is 11.2. The first-order chi connectivity index (χ1) is 8.63. The zero-order chi connectivity index (χ0) is 13.5. The molecule has 1 rings (SSSR count). The molecule has 4 heteroatoms. The van der Waals surface area contributed by atoms with Crippen molar-refractivity contribution in [3.63, 3.8) is 0 Å². The fourth-order valence-corrected chi connectivity index (χ4v) is 1.49. The van der Waals surface area contributed by atoms with Crippen molar-refractivity contribution in [2.24, 2.45) is 0 Å². The smallest absolute Gasteiger partial charge is 0.349 e. The number of hydrogen-bond donors (Lipinski definition) is 0. The number of benzene rings is 1. The molecule has 0 aromatic heterocycles. The second kappa shape index (κ2) is 6.45. The Hall–Kier alpha value is -2.28. The van der Waals surface area contributed by atoms with E-state index in [0.717, 1.165) is 5.56 Å². The molecule has 0 aliphatic heterocycles. The number of allylic oxidation sites excluding steroid dienone is 1. The van der Waals surface area contributed by atoms with Crippen LogP contribution in [0.3, 0.4) is 0 Å². The fourth-order valence-electron chi connectivity index (χ4n) is 1.49. The van der Waals surface area contributed by atoms with Crippen LogP contribution < -0.4 is 4.74 Å². The van der Waals surface area contributed by atoms with Crippen LogP contribution in [0.15, 0.2) is 29.8 Å². The van der Waals surface area contributed by atoms with Gasteiger partial charge in [-0.3, -0.25) is 0 Å². The molecule has 0 saturated heterocycles. The largest absolute Gasteiger partial charge is 0.497 e. The molecule has 0 unspecified atom stereocenters. The van der Waals surface area contributed by atoms with Crippen LogP contribution in [-0.2, 0) is 9.53 Å². The van der Waals surface area contributed by atoms with Crippen LogP contribution in [0.1, 0.15) is 19.4 Å². The van der Waals surface area contributed by atoms with Gasteiger partial charge in [0.1, 0.15) is 17.4 Å². The molecule has 0 heterocycles.